The molecule has 4 heteroatoms. The fourth-order valence-electron chi connectivity index (χ4n) is 2.70. The average molecular weight is 250 g/mol. The molecule has 0 aliphatic carbocycles. The topological polar surface area (TPSA) is 29.9 Å². The van der Waals surface area contributed by atoms with E-state index in [0.717, 1.165) is 34.0 Å². The SMILES string of the molecule is Cc1c(Cl)ccc2nc(C3CCCN3)n(C)c12. The molecule has 1 atom stereocenters. The van der Waals surface area contributed by atoms with Crippen molar-refractivity contribution < 1.29 is 0 Å². The standard InChI is InChI=1S/C13H16ClN3/c1-8-9(14)5-6-10-12(8)17(2)13(16-10)11-4-3-7-15-11/h5-6,11,15H,3-4,7H2,1-2H3. The van der Waals surface area contributed by atoms with Gasteiger partial charge >= 0.3 is 0 Å². The minimum Gasteiger partial charge on any atom is -0.330 e. The van der Waals surface area contributed by atoms with Crippen LogP contribution in [0.4, 0.5) is 0 Å². The van der Waals surface area contributed by atoms with E-state index >= 15 is 0 Å². The lowest BCUT2D eigenvalue weighted by Crippen LogP contribution is -2.16. The van der Waals surface area contributed by atoms with Gasteiger partial charge in [0.1, 0.15) is 5.82 Å². The van der Waals surface area contributed by atoms with Gasteiger partial charge in [-0.1, -0.05) is 11.6 Å². The van der Waals surface area contributed by atoms with E-state index in [-0.39, 0.29) is 0 Å². The molecule has 3 nitrogen and oxygen atoms in total. The third-order valence-corrected chi connectivity index (χ3v) is 4.04. The van der Waals surface area contributed by atoms with Crippen LogP contribution in [-0.4, -0.2) is 16.1 Å². The zero-order valence-corrected chi connectivity index (χ0v) is 10.9. The van der Waals surface area contributed by atoms with Gasteiger partial charge in [-0.05, 0) is 44.0 Å². The molecule has 0 amide bonds. The molecule has 2 aromatic rings. The minimum atomic E-state index is 0.394. The van der Waals surface area contributed by atoms with Crippen LogP contribution in [0.15, 0.2) is 12.1 Å². The molecule has 1 N–H and O–H groups in total. The quantitative estimate of drug-likeness (QED) is 0.842. The Morgan fingerprint density at radius 1 is 1.47 bits per heavy atom. The monoisotopic (exact) mass is 249 g/mol. The Kier molecular flexibility index (Phi) is 2.60. The second-order valence-electron chi connectivity index (χ2n) is 4.72. The summed E-state index contributed by atoms with van der Waals surface area (Å²) in [7, 11) is 2.08. The largest absolute Gasteiger partial charge is 0.330 e. The number of aryl methyl sites for hydroxylation is 2. The summed E-state index contributed by atoms with van der Waals surface area (Å²) in [5, 5.41) is 4.30. The number of nitrogens with zero attached hydrogens (tertiary/aromatic N) is 2. The number of fused-ring (bicyclic) bond motifs is 1. The van der Waals surface area contributed by atoms with Crippen LogP contribution in [0.1, 0.15) is 30.3 Å². The lowest BCUT2D eigenvalue weighted by Gasteiger charge is -2.10. The number of hydrogen-bond acceptors (Lipinski definition) is 2. The molecule has 1 aliphatic rings. The summed E-state index contributed by atoms with van der Waals surface area (Å²) in [5.41, 5.74) is 3.31. The molecular weight excluding hydrogens is 234 g/mol. The summed E-state index contributed by atoms with van der Waals surface area (Å²) >= 11 is 6.17. The zero-order valence-electron chi connectivity index (χ0n) is 10.1. The lowest BCUT2D eigenvalue weighted by molar-refractivity contribution is 0.584. The van der Waals surface area contributed by atoms with Crippen molar-refractivity contribution in [1.82, 2.24) is 14.9 Å². The fraction of sp³-hybridized carbons (Fsp3) is 0.462. The van der Waals surface area contributed by atoms with Gasteiger partial charge in [-0.2, -0.15) is 0 Å². The Bertz CT molecular complexity index is 568. The molecular formula is C13H16ClN3. The molecule has 0 radical (unpaired) electrons. The number of nitrogens with one attached hydrogen (secondary N) is 1. The van der Waals surface area contributed by atoms with Crippen LogP contribution < -0.4 is 5.32 Å². The first-order valence-electron chi connectivity index (χ1n) is 6.03. The van der Waals surface area contributed by atoms with Crippen molar-refractivity contribution in [3.8, 4) is 0 Å². The second-order valence-corrected chi connectivity index (χ2v) is 5.13. The smallest absolute Gasteiger partial charge is 0.126 e. The number of aromatic nitrogens is 2. The van der Waals surface area contributed by atoms with Crippen LogP contribution in [0.5, 0.6) is 0 Å². The van der Waals surface area contributed by atoms with Gasteiger partial charge in [0.25, 0.3) is 0 Å². The van der Waals surface area contributed by atoms with Crippen molar-refractivity contribution in [3.63, 3.8) is 0 Å². The van der Waals surface area contributed by atoms with Gasteiger partial charge < -0.3 is 9.88 Å². The Balaban J connectivity index is 2.21. The zero-order chi connectivity index (χ0) is 12.0. The number of hydrogen-bond donors (Lipinski definition) is 1. The van der Waals surface area contributed by atoms with E-state index in [1.165, 1.54) is 12.8 Å². The third-order valence-electron chi connectivity index (χ3n) is 3.63. The summed E-state index contributed by atoms with van der Waals surface area (Å²) in [6, 6.07) is 4.33. The number of halogens is 1. The van der Waals surface area contributed by atoms with Gasteiger partial charge in [-0.15, -0.1) is 0 Å². The molecule has 17 heavy (non-hydrogen) atoms. The van der Waals surface area contributed by atoms with E-state index in [0.29, 0.717) is 6.04 Å². The molecule has 90 valence electrons. The highest BCUT2D eigenvalue weighted by atomic mass is 35.5. The van der Waals surface area contributed by atoms with Gasteiger partial charge in [0.2, 0.25) is 0 Å². The van der Waals surface area contributed by atoms with E-state index in [1.54, 1.807) is 0 Å². The molecule has 2 heterocycles. The maximum atomic E-state index is 6.17. The van der Waals surface area contributed by atoms with Crippen LogP contribution >= 0.6 is 11.6 Å². The van der Waals surface area contributed by atoms with Crippen LogP contribution in [0.3, 0.4) is 0 Å². The Morgan fingerprint density at radius 3 is 3.00 bits per heavy atom. The van der Waals surface area contributed by atoms with Gasteiger partial charge in [0.15, 0.2) is 0 Å². The lowest BCUT2D eigenvalue weighted by atomic mass is 10.2. The van der Waals surface area contributed by atoms with Crippen molar-refractivity contribution in [2.24, 2.45) is 7.05 Å². The van der Waals surface area contributed by atoms with Crippen LogP contribution in [-0.2, 0) is 7.05 Å². The first kappa shape index (κ1) is 11.1. The maximum absolute atomic E-state index is 6.17. The van der Waals surface area contributed by atoms with Crippen LogP contribution in [0.25, 0.3) is 11.0 Å². The molecule has 0 spiro atoms. The Morgan fingerprint density at radius 2 is 2.29 bits per heavy atom. The number of imidazole rings is 1. The molecule has 0 saturated carbocycles. The third kappa shape index (κ3) is 1.65. The highest BCUT2D eigenvalue weighted by molar-refractivity contribution is 6.32. The number of rotatable bonds is 1. The van der Waals surface area contributed by atoms with Gasteiger partial charge in [-0.3, -0.25) is 0 Å². The van der Waals surface area contributed by atoms with E-state index in [9.17, 15) is 0 Å². The van der Waals surface area contributed by atoms with Gasteiger partial charge in [-0.25, -0.2) is 4.98 Å². The summed E-state index contributed by atoms with van der Waals surface area (Å²) in [4.78, 5) is 4.74. The molecule has 3 rings (SSSR count). The molecule has 0 bridgehead atoms. The first-order valence-corrected chi connectivity index (χ1v) is 6.41. The molecule has 1 aliphatic heterocycles. The predicted molar refractivity (Wildman–Crippen MR) is 70.4 cm³/mol. The predicted octanol–water partition coefficient (Wildman–Crippen LogP) is 2.96. The van der Waals surface area contributed by atoms with E-state index in [2.05, 4.69) is 23.9 Å². The second kappa shape index (κ2) is 4.00. The van der Waals surface area contributed by atoms with Gasteiger partial charge in [0.05, 0.1) is 17.1 Å². The highest BCUT2D eigenvalue weighted by Gasteiger charge is 2.22. The van der Waals surface area contributed by atoms with E-state index in [4.69, 9.17) is 16.6 Å². The number of benzene rings is 1. The Hall–Kier alpha value is -1.06. The van der Waals surface area contributed by atoms with Crippen molar-refractivity contribution in [1.29, 1.82) is 0 Å². The van der Waals surface area contributed by atoms with E-state index < -0.39 is 0 Å². The maximum Gasteiger partial charge on any atom is 0.126 e. The van der Waals surface area contributed by atoms with Crippen LogP contribution in [0, 0.1) is 6.92 Å². The van der Waals surface area contributed by atoms with Crippen molar-refractivity contribution >= 4 is 22.6 Å². The molecule has 1 unspecified atom stereocenters. The first-order chi connectivity index (χ1) is 8.18. The fourth-order valence-corrected chi connectivity index (χ4v) is 2.86. The van der Waals surface area contributed by atoms with Gasteiger partial charge in [0, 0.05) is 12.1 Å². The summed E-state index contributed by atoms with van der Waals surface area (Å²) in [5.74, 6) is 1.13. The average Bonchev–Trinajstić information content (AvgIpc) is 2.91. The summed E-state index contributed by atoms with van der Waals surface area (Å²) < 4.78 is 2.18. The molecule has 1 aromatic carbocycles. The van der Waals surface area contributed by atoms with Crippen molar-refractivity contribution in [2.45, 2.75) is 25.8 Å². The highest BCUT2D eigenvalue weighted by Crippen LogP contribution is 2.29. The molecule has 1 saturated heterocycles. The summed E-state index contributed by atoms with van der Waals surface area (Å²) in [6.07, 6.45) is 2.40. The van der Waals surface area contributed by atoms with Crippen molar-refractivity contribution in [3.05, 3.63) is 28.5 Å². The van der Waals surface area contributed by atoms with E-state index in [1.807, 2.05) is 12.1 Å². The Labute approximate surface area is 106 Å². The van der Waals surface area contributed by atoms with Crippen molar-refractivity contribution in [2.75, 3.05) is 6.54 Å². The normalized spacial score (nSPS) is 20.3. The minimum absolute atomic E-state index is 0.394. The summed E-state index contributed by atoms with van der Waals surface area (Å²) in [6.45, 7) is 3.14. The molecule has 1 fully saturated rings. The van der Waals surface area contributed by atoms with Crippen LogP contribution in [0.2, 0.25) is 5.02 Å². The molecule has 1 aromatic heterocycles.